The van der Waals surface area contributed by atoms with Crippen LogP contribution in [-0.4, -0.2) is 37.4 Å². The third-order valence-corrected chi connectivity index (χ3v) is 5.29. The predicted octanol–water partition coefficient (Wildman–Crippen LogP) is 2.74. The molecule has 1 aliphatic rings. The van der Waals surface area contributed by atoms with Crippen molar-refractivity contribution in [3.8, 4) is 0 Å². The van der Waals surface area contributed by atoms with Gasteiger partial charge in [-0.05, 0) is 35.0 Å². The summed E-state index contributed by atoms with van der Waals surface area (Å²) in [5.74, 6) is -0.775. The number of amides is 3. The fraction of sp³-hybridized carbons (Fsp3) is 0.208. The molecule has 1 saturated heterocycles. The van der Waals surface area contributed by atoms with Crippen LogP contribution in [0.2, 0.25) is 0 Å². The van der Waals surface area contributed by atoms with E-state index in [2.05, 4.69) is 10.6 Å². The zero-order valence-electron chi connectivity index (χ0n) is 16.5. The minimum absolute atomic E-state index is 0.0500. The summed E-state index contributed by atoms with van der Waals surface area (Å²) in [7, 11) is 0. The van der Waals surface area contributed by atoms with Crippen LogP contribution in [0.3, 0.4) is 0 Å². The van der Waals surface area contributed by atoms with E-state index in [0.717, 1.165) is 16.5 Å². The summed E-state index contributed by atoms with van der Waals surface area (Å²) in [5.41, 5.74) is 1.39. The van der Waals surface area contributed by atoms with Gasteiger partial charge < -0.3 is 15.5 Å². The number of rotatable bonds is 6. The highest BCUT2D eigenvalue weighted by Gasteiger charge is 2.34. The number of hydrogen-bond acceptors (Lipinski definition) is 3. The van der Waals surface area contributed by atoms with Crippen molar-refractivity contribution in [1.82, 2.24) is 10.6 Å². The van der Waals surface area contributed by atoms with Crippen molar-refractivity contribution in [3.05, 3.63) is 78.4 Å². The topological polar surface area (TPSA) is 78.5 Å². The molecule has 0 bridgehead atoms. The highest BCUT2D eigenvalue weighted by Crippen LogP contribution is 2.24. The van der Waals surface area contributed by atoms with Crippen LogP contribution in [0.25, 0.3) is 10.8 Å². The second kappa shape index (κ2) is 8.78. The first-order valence-corrected chi connectivity index (χ1v) is 10.0. The fourth-order valence-electron chi connectivity index (χ4n) is 3.68. The first-order valence-electron chi connectivity index (χ1n) is 10.0. The van der Waals surface area contributed by atoms with E-state index < -0.39 is 0 Å². The molecule has 3 aromatic carbocycles. The molecule has 3 aromatic rings. The Hall–Kier alpha value is -3.67. The lowest BCUT2D eigenvalue weighted by atomic mass is 10.1. The molecule has 1 heterocycles. The largest absolute Gasteiger partial charge is 0.354 e. The summed E-state index contributed by atoms with van der Waals surface area (Å²) >= 11 is 0. The Morgan fingerprint density at radius 1 is 0.867 bits per heavy atom. The van der Waals surface area contributed by atoms with E-state index in [1.54, 1.807) is 11.0 Å². The molecule has 1 fully saturated rings. The molecule has 1 atom stereocenters. The van der Waals surface area contributed by atoms with Gasteiger partial charge in [0.05, 0.1) is 5.92 Å². The number of nitrogens with zero attached hydrogens (tertiary/aromatic N) is 1. The number of hydrogen-bond donors (Lipinski definition) is 2. The Kier molecular flexibility index (Phi) is 5.75. The van der Waals surface area contributed by atoms with E-state index in [0.29, 0.717) is 25.2 Å². The summed E-state index contributed by atoms with van der Waals surface area (Å²) in [6.07, 6.45) is 0.199. The maximum atomic E-state index is 12.4. The van der Waals surface area contributed by atoms with E-state index >= 15 is 0 Å². The summed E-state index contributed by atoms with van der Waals surface area (Å²) in [5, 5.41) is 7.73. The second-order valence-corrected chi connectivity index (χ2v) is 7.35. The third-order valence-electron chi connectivity index (χ3n) is 5.29. The van der Waals surface area contributed by atoms with Crippen LogP contribution < -0.4 is 15.5 Å². The SMILES string of the molecule is O=C(NCCNC(=O)[C@H]1CC(=O)N(c2ccccc2)C1)c1ccc2ccccc2c1. The molecule has 0 unspecified atom stereocenters. The van der Waals surface area contributed by atoms with Crippen molar-refractivity contribution in [1.29, 1.82) is 0 Å². The van der Waals surface area contributed by atoms with Crippen molar-refractivity contribution in [3.63, 3.8) is 0 Å². The molecule has 0 spiro atoms. The smallest absolute Gasteiger partial charge is 0.251 e. The van der Waals surface area contributed by atoms with Gasteiger partial charge in [0.1, 0.15) is 0 Å². The van der Waals surface area contributed by atoms with Gasteiger partial charge in [0.2, 0.25) is 11.8 Å². The highest BCUT2D eigenvalue weighted by atomic mass is 16.2. The normalized spacial score (nSPS) is 15.9. The van der Waals surface area contributed by atoms with Crippen molar-refractivity contribution in [2.75, 3.05) is 24.5 Å². The molecule has 152 valence electrons. The summed E-state index contributed by atoms with van der Waals surface area (Å²) in [4.78, 5) is 38.7. The Morgan fingerprint density at radius 2 is 1.57 bits per heavy atom. The molecule has 4 rings (SSSR count). The molecule has 0 aliphatic carbocycles. The van der Waals surface area contributed by atoms with E-state index in [4.69, 9.17) is 0 Å². The van der Waals surface area contributed by atoms with Crippen LogP contribution in [0, 0.1) is 5.92 Å². The zero-order valence-corrected chi connectivity index (χ0v) is 16.5. The number of benzene rings is 3. The van der Waals surface area contributed by atoms with Gasteiger partial charge >= 0.3 is 0 Å². The number of nitrogens with one attached hydrogen (secondary N) is 2. The Morgan fingerprint density at radius 3 is 2.37 bits per heavy atom. The molecule has 30 heavy (non-hydrogen) atoms. The number of carbonyl (C=O) groups excluding carboxylic acids is 3. The predicted molar refractivity (Wildman–Crippen MR) is 116 cm³/mol. The lowest BCUT2D eigenvalue weighted by Crippen LogP contribution is -2.38. The number of carbonyl (C=O) groups is 3. The number of para-hydroxylation sites is 1. The Bertz CT molecular complexity index is 1080. The van der Waals surface area contributed by atoms with Crippen LogP contribution >= 0.6 is 0 Å². The van der Waals surface area contributed by atoms with E-state index in [-0.39, 0.29) is 30.1 Å². The average Bonchev–Trinajstić information content (AvgIpc) is 3.18. The van der Waals surface area contributed by atoms with Crippen LogP contribution in [0.4, 0.5) is 5.69 Å². The van der Waals surface area contributed by atoms with Gasteiger partial charge in [-0.2, -0.15) is 0 Å². The first-order chi connectivity index (χ1) is 14.6. The summed E-state index contributed by atoms with van der Waals surface area (Å²) in [6.45, 7) is 1.01. The minimum Gasteiger partial charge on any atom is -0.354 e. The highest BCUT2D eigenvalue weighted by molar-refractivity contribution is 6.00. The van der Waals surface area contributed by atoms with Gasteiger partial charge in [0, 0.05) is 37.3 Å². The summed E-state index contributed by atoms with van der Waals surface area (Å²) < 4.78 is 0. The maximum Gasteiger partial charge on any atom is 0.251 e. The third kappa shape index (κ3) is 4.33. The molecule has 0 radical (unpaired) electrons. The van der Waals surface area contributed by atoms with Crippen LogP contribution in [-0.2, 0) is 9.59 Å². The van der Waals surface area contributed by atoms with Gasteiger partial charge in [-0.3, -0.25) is 14.4 Å². The minimum atomic E-state index is -0.381. The van der Waals surface area contributed by atoms with Crippen molar-refractivity contribution in [2.24, 2.45) is 5.92 Å². The zero-order chi connectivity index (χ0) is 20.9. The van der Waals surface area contributed by atoms with Crippen molar-refractivity contribution >= 4 is 34.2 Å². The fourth-order valence-corrected chi connectivity index (χ4v) is 3.68. The average molecular weight is 401 g/mol. The second-order valence-electron chi connectivity index (χ2n) is 7.35. The van der Waals surface area contributed by atoms with Gasteiger partial charge in [-0.15, -0.1) is 0 Å². The Balaban J connectivity index is 1.24. The molecular weight excluding hydrogens is 378 g/mol. The van der Waals surface area contributed by atoms with Crippen LogP contribution in [0.5, 0.6) is 0 Å². The first kappa shape index (κ1) is 19.6. The van der Waals surface area contributed by atoms with Crippen LogP contribution in [0.1, 0.15) is 16.8 Å². The molecule has 0 saturated carbocycles. The van der Waals surface area contributed by atoms with Crippen molar-refractivity contribution < 1.29 is 14.4 Å². The lowest BCUT2D eigenvalue weighted by Gasteiger charge is -2.16. The molecule has 0 aromatic heterocycles. The van der Waals surface area contributed by atoms with Crippen molar-refractivity contribution in [2.45, 2.75) is 6.42 Å². The standard InChI is InChI=1S/C24H23N3O3/c28-22-15-20(16-27(22)21-8-2-1-3-9-21)24(30)26-13-12-25-23(29)19-11-10-17-6-4-5-7-18(17)14-19/h1-11,14,20H,12-13,15-16H2,(H,25,29)(H,26,30)/t20-/m0/s1. The molecule has 6 heteroatoms. The van der Waals surface area contributed by atoms with Gasteiger partial charge in [0.15, 0.2) is 0 Å². The quantitative estimate of drug-likeness (QED) is 0.624. The lowest BCUT2D eigenvalue weighted by molar-refractivity contribution is -0.126. The van der Waals surface area contributed by atoms with E-state index in [9.17, 15) is 14.4 Å². The molecule has 3 amide bonds. The van der Waals surface area contributed by atoms with E-state index in [1.807, 2.05) is 66.7 Å². The Labute approximate surface area is 174 Å². The van der Waals surface area contributed by atoms with E-state index in [1.165, 1.54) is 0 Å². The number of anilines is 1. The van der Waals surface area contributed by atoms with Gasteiger partial charge in [-0.25, -0.2) is 0 Å². The molecule has 2 N–H and O–H groups in total. The molecule has 6 nitrogen and oxygen atoms in total. The monoisotopic (exact) mass is 401 g/mol. The summed E-state index contributed by atoms with van der Waals surface area (Å²) in [6, 6.07) is 22.8. The number of fused-ring (bicyclic) bond motifs is 1. The molecular formula is C24H23N3O3. The van der Waals surface area contributed by atoms with Gasteiger partial charge in [-0.1, -0.05) is 48.5 Å². The van der Waals surface area contributed by atoms with Crippen LogP contribution in [0.15, 0.2) is 72.8 Å². The molecule has 1 aliphatic heterocycles. The van der Waals surface area contributed by atoms with Gasteiger partial charge in [0.25, 0.3) is 5.91 Å². The maximum absolute atomic E-state index is 12.4.